The average Bonchev–Trinajstić information content (AvgIpc) is 3.71. The molecule has 2 fully saturated rings. The van der Waals surface area contributed by atoms with Crippen molar-refractivity contribution in [2.75, 3.05) is 20.2 Å². The Kier molecular flexibility index (Phi) is 10.6. The van der Waals surface area contributed by atoms with E-state index >= 15 is 0 Å². The van der Waals surface area contributed by atoms with Crippen molar-refractivity contribution in [2.45, 2.75) is 89.9 Å². The van der Waals surface area contributed by atoms with Crippen molar-refractivity contribution in [3.05, 3.63) is 82.7 Å². The number of fused-ring (bicyclic) bond motifs is 2. The molecule has 2 atom stereocenters. The minimum absolute atomic E-state index is 0.0323. The Balaban J connectivity index is 0.000000624. The highest BCUT2D eigenvalue weighted by atomic mass is 16.6. The summed E-state index contributed by atoms with van der Waals surface area (Å²) in [5.74, 6) is 0.357. The number of rotatable bonds is 9. The Morgan fingerprint density at radius 1 is 1.17 bits per heavy atom. The Bertz CT molecular complexity index is 1530. The second-order valence-corrected chi connectivity index (χ2v) is 13.1. The number of amides is 2. The van der Waals surface area contributed by atoms with E-state index in [0.717, 1.165) is 65.7 Å². The van der Waals surface area contributed by atoms with Crippen molar-refractivity contribution in [3.8, 4) is 0 Å². The number of benzene rings is 1. The zero-order valence-corrected chi connectivity index (χ0v) is 28.2. The number of imidazole rings is 1. The maximum absolute atomic E-state index is 12.9. The predicted octanol–water partition coefficient (Wildman–Crippen LogP) is 6.82. The van der Waals surface area contributed by atoms with Crippen LogP contribution in [0.5, 0.6) is 0 Å². The van der Waals surface area contributed by atoms with Gasteiger partial charge in [0.15, 0.2) is 0 Å². The molecule has 246 valence electrons. The van der Waals surface area contributed by atoms with E-state index in [4.69, 9.17) is 14.5 Å². The molecule has 0 spiro atoms. The molecule has 0 radical (unpaired) electrons. The lowest BCUT2D eigenvalue weighted by atomic mass is 9.75. The first kappa shape index (κ1) is 33.4. The fourth-order valence-corrected chi connectivity index (χ4v) is 6.63. The molecule has 3 aliphatic rings. The van der Waals surface area contributed by atoms with Crippen LogP contribution >= 0.6 is 0 Å². The third kappa shape index (κ3) is 7.35. The SMILES string of the molecule is CCC(CC)OC(=O)N1CCC(C2c3ccc(C)cc3C(C(NC=O)c3cncn3C)=Cc3cccnc32)CC1.COC1(C)CC1. The van der Waals surface area contributed by atoms with Gasteiger partial charge in [-0.15, -0.1) is 0 Å². The van der Waals surface area contributed by atoms with Crippen molar-refractivity contribution in [1.29, 1.82) is 0 Å². The van der Waals surface area contributed by atoms with Gasteiger partial charge < -0.3 is 24.3 Å². The van der Waals surface area contributed by atoms with Crippen LogP contribution in [0.15, 0.2) is 49.1 Å². The number of nitrogens with zero attached hydrogens (tertiary/aromatic N) is 4. The highest BCUT2D eigenvalue weighted by Crippen LogP contribution is 2.47. The van der Waals surface area contributed by atoms with Gasteiger partial charge in [-0.05, 0) is 92.7 Å². The second kappa shape index (κ2) is 14.6. The van der Waals surface area contributed by atoms with Crippen LogP contribution in [0.2, 0.25) is 0 Å². The molecular weight excluding hydrogens is 578 g/mol. The smallest absolute Gasteiger partial charge is 0.410 e. The molecule has 3 aromatic rings. The number of carbonyl (C=O) groups is 2. The number of ether oxygens (including phenoxy) is 2. The lowest BCUT2D eigenvalue weighted by Gasteiger charge is -2.37. The van der Waals surface area contributed by atoms with E-state index in [1.54, 1.807) is 19.6 Å². The maximum Gasteiger partial charge on any atom is 0.410 e. The zero-order chi connectivity index (χ0) is 32.8. The summed E-state index contributed by atoms with van der Waals surface area (Å²) in [6, 6.07) is 10.3. The molecule has 9 nitrogen and oxygen atoms in total. The number of carbonyl (C=O) groups excluding carboxylic acids is 2. The van der Waals surface area contributed by atoms with Gasteiger partial charge in [-0.1, -0.05) is 43.7 Å². The number of piperidine rings is 1. The third-order valence-electron chi connectivity index (χ3n) is 9.92. The largest absolute Gasteiger partial charge is 0.446 e. The Morgan fingerprint density at radius 2 is 1.91 bits per heavy atom. The van der Waals surface area contributed by atoms with E-state index in [1.807, 2.05) is 28.8 Å². The first-order valence-corrected chi connectivity index (χ1v) is 16.7. The number of likely N-dealkylation sites (tertiary alicyclic amines) is 1. The quantitative estimate of drug-likeness (QED) is 0.262. The number of aromatic nitrogens is 3. The Hall–Kier alpha value is -3.98. The van der Waals surface area contributed by atoms with Crippen LogP contribution in [0.3, 0.4) is 0 Å². The zero-order valence-electron chi connectivity index (χ0n) is 28.2. The monoisotopic (exact) mass is 627 g/mol. The number of hydrogen-bond acceptors (Lipinski definition) is 6. The van der Waals surface area contributed by atoms with Gasteiger partial charge in [0.25, 0.3) is 0 Å². The van der Waals surface area contributed by atoms with Crippen molar-refractivity contribution in [2.24, 2.45) is 13.0 Å². The standard InChI is InChI=1S/C32H39N5O3.C5H10O/c1-5-24(6-2)40-32(39)37-14-11-22(12-15-37)29-25-10-9-21(3)16-26(25)27(17-23-8-7-13-34-30(23)29)31(35-20-38)28-18-33-19-36(28)4;1-5(6-2)3-4-5/h7-10,13,16-20,22,24,29,31H,5-6,11-12,14-15H2,1-4H3,(H,35,38);3-4H2,1-2H3. The minimum atomic E-state index is -0.376. The first-order chi connectivity index (χ1) is 22.2. The average molecular weight is 628 g/mol. The number of pyridine rings is 1. The molecule has 6 rings (SSSR count). The van der Waals surface area contributed by atoms with E-state index in [1.165, 1.54) is 18.4 Å². The third-order valence-corrected chi connectivity index (χ3v) is 9.92. The molecular formula is C37H49N5O4. The van der Waals surface area contributed by atoms with Crippen LogP contribution < -0.4 is 5.32 Å². The molecule has 2 aromatic heterocycles. The van der Waals surface area contributed by atoms with Gasteiger partial charge >= 0.3 is 6.09 Å². The summed E-state index contributed by atoms with van der Waals surface area (Å²) in [5, 5.41) is 3.06. The molecule has 0 bridgehead atoms. The summed E-state index contributed by atoms with van der Waals surface area (Å²) in [6.45, 7) is 9.65. The van der Waals surface area contributed by atoms with E-state index in [9.17, 15) is 9.59 Å². The fourth-order valence-electron chi connectivity index (χ4n) is 6.63. The molecule has 1 saturated carbocycles. The molecule has 46 heavy (non-hydrogen) atoms. The van der Waals surface area contributed by atoms with Gasteiger partial charge in [0, 0.05) is 39.4 Å². The predicted molar refractivity (Wildman–Crippen MR) is 180 cm³/mol. The lowest BCUT2D eigenvalue weighted by molar-refractivity contribution is -0.109. The van der Waals surface area contributed by atoms with Crippen LogP contribution in [0, 0.1) is 12.8 Å². The number of aryl methyl sites for hydroxylation is 2. The number of nitrogens with one attached hydrogen (secondary N) is 1. The highest BCUT2D eigenvalue weighted by Gasteiger charge is 2.38. The van der Waals surface area contributed by atoms with Crippen molar-refractivity contribution in [3.63, 3.8) is 0 Å². The first-order valence-electron chi connectivity index (χ1n) is 16.7. The van der Waals surface area contributed by atoms with Gasteiger partial charge in [0.1, 0.15) is 6.10 Å². The molecule has 1 aliphatic heterocycles. The van der Waals surface area contributed by atoms with Gasteiger partial charge in [-0.2, -0.15) is 0 Å². The summed E-state index contributed by atoms with van der Waals surface area (Å²) in [4.78, 5) is 35.8. The second-order valence-electron chi connectivity index (χ2n) is 13.1. The molecule has 9 heteroatoms. The van der Waals surface area contributed by atoms with Crippen LogP contribution in [-0.2, 0) is 21.3 Å². The number of methoxy groups -OCH3 is 1. The molecule has 2 unspecified atom stereocenters. The van der Waals surface area contributed by atoms with Crippen LogP contribution in [-0.4, -0.2) is 63.8 Å². The maximum atomic E-state index is 12.9. The fraction of sp³-hybridized carbons (Fsp3) is 0.514. The molecule has 1 N–H and O–H groups in total. The molecule has 1 aromatic carbocycles. The summed E-state index contributed by atoms with van der Waals surface area (Å²) in [5.41, 5.74) is 7.75. The van der Waals surface area contributed by atoms with Gasteiger partial charge in [0.05, 0.1) is 35.6 Å². The van der Waals surface area contributed by atoms with Crippen LogP contribution in [0.4, 0.5) is 4.79 Å². The Labute approximate surface area is 273 Å². The lowest BCUT2D eigenvalue weighted by Crippen LogP contribution is -2.41. The molecule has 2 aliphatic carbocycles. The van der Waals surface area contributed by atoms with E-state index in [-0.39, 0.29) is 24.2 Å². The topological polar surface area (TPSA) is 98.6 Å². The minimum Gasteiger partial charge on any atom is -0.446 e. The van der Waals surface area contributed by atoms with Crippen LogP contribution in [0.25, 0.3) is 11.6 Å². The normalized spacial score (nSPS) is 19.1. The Morgan fingerprint density at radius 3 is 2.50 bits per heavy atom. The van der Waals surface area contributed by atoms with Crippen LogP contribution in [0.1, 0.15) is 105 Å². The molecule has 1 saturated heterocycles. The van der Waals surface area contributed by atoms with Crippen molar-refractivity contribution < 1.29 is 19.1 Å². The van der Waals surface area contributed by atoms with E-state index in [0.29, 0.717) is 24.6 Å². The van der Waals surface area contributed by atoms with Gasteiger partial charge in [-0.25, -0.2) is 9.78 Å². The van der Waals surface area contributed by atoms with Crippen molar-refractivity contribution in [1.82, 2.24) is 24.8 Å². The van der Waals surface area contributed by atoms with Gasteiger partial charge in [-0.3, -0.25) is 9.78 Å². The highest BCUT2D eigenvalue weighted by molar-refractivity contribution is 5.89. The summed E-state index contributed by atoms with van der Waals surface area (Å²) in [7, 11) is 3.71. The van der Waals surface area contributed by atoms with E-state index in [2.05, 4.69) is 68.3 Å². The summed E-state index contributed by atoms with van der Waals surface area (Å²) >= 11 is 0. The number of hydrogen-bond donors (Lipinski definition) is 1. The summed E-state index contributed by atoms with van der Waals surface area (Å²) in [6.07, 6.45) is 14.0. The van der Waals surface area contributed by atoms with E-state index < -0.39 is 0 Å². The molecule has 2 amide bonds. The van der Waals surface area contributed by atoms with Gasteiger partial charge in [0.2, 0.25) is 6.41 Å². The molecule has 3 heterocycles. The summed E-state index contributed by atoms with van der Waals surface area (Å²) < 4.78 is 12.7. The van der Waals surface area contributed by atoms with Crippen molar-refractivity contribution >= 4 is 24.2 Å².